The first kappa shape index (κ1) is 42.2. The van der Waals surface area contributed by atoms with Crippen LogP contribution in [-0.4, -0.2) is 0 Å². The summed E-state index contributed by atoms with van der Waals surface area (Å²) < 4.78 is 0. The molecule has 0 radical (unpaired) electrons. The summed E-state index contributed by atoms with van der Waals surface area (Å²) in [5.74, 6) is 0. The highest BCUT2D eigenvalue weighted by Gasteiger charge is 2.52. The molecule has 0 aliphatic heterocycles. The second-order valence-electron chi connectivity index (χ2n) is 19.9. The van der Waals surface area contributed by atoms with Crippen LogP contribution in [0.15, 0.2) is 285 Å². The molecular weight excluding hydrogens is 891 g/mol. The number of hydrogen-bond acceptors (Lipinski definition) is 1. The third-order valence-electron chi connectivity index (χ3n) is 16.1. The summed E-state index contributed by atoms with van der Waals surface area (Å²) in [5, 5.41) is 7.52. The molecule has 0 fully saturated rings. The van der Waals surface area contributed by atoms with Crippen LogP contribution in [0.2, 0.25) is 0 Å². The zero-order chi connectivity index (χ0) is 48.7. The largest absolute Gasteiger partial charge is 0.310 e. The fourth-order valence-corrected chi connectivity index (χ4v) is 12.8. The Morgan fingerprint density at radius 3 is 1.16 bits per heavy atom. The molecule has 0 aromatic heterocycles. The van der Waals surface area contributed by atoms with E-state index in [0.29, 0.717) is 0 Å². The first-order valence-corrected chi connectivity index (χ1v) is 25.7. The van der Waals surface area contributed by atoms with Crippen molar-refractivity contribution < 1.29 is 0 Å². The predicted molar refractivity (Wildman–Crippen MR) is 312 cm³/mol. The molecule has 2 aliphatic rings. The van der Waals surface area contributed by atoms with E-state index in [9.17, 15) is 0 Å². The molecule has 13 aromatic carbocycles. The lowest BCUT2D eigenvalue weighted by molar-refractivity contribution is 0.794. The highest BCUT2D eigenvalue weighted by molar-refractivity contribution is 6.26. The van der Waals surface area contributed by atoms with Gasteiger partial charge in [0.15, 0.2) is 0 Å². The predicted octanol–water partition coefficient (Wildman–Crippen LogP) is 19.6. The summed E-state index contributed by atoms with van der Waals surface area (Å²) in [6.07, 6.45) is 0. The number of nitrogens with zero attached hydrogens (tertiary/aromatic N) is 1. The number of rotatable bonds is 7. The van der Waals surface area contributed by atoms with E-state index in [1.807, 2.05) is 0 Å². The van der Waals surface area contributed by atoms with Crippen LogP contribution in [0.3, 0.4) is 0 Å². The summed E-state index contributed by atoms with van der Waals surface area (Å²) in [6.45, 7) is 0. The topological polar surface area (TPSA) is 3.24 Å². The van der Waals surface area contributed by atoms with Crippen molar-refractivity contribution in [2.24, 2.45) is 0 Å². The van der Waals surface area contributed by atoms with E-state index in [1.165, 1.54) is 110 Å². The van der Waals surface area contributed by atoms with E-state index in [2.05, 4.69) is 290 Å². The first-order valence-electron chi connectivity index (χ1n) is 25.7. The molecular formula is C73H47N. The zero-order valence-electron chi connectivity index (χ0n) is 40.6. The summed E-state index contributed by atoms with van der Waals surface area (Å²) in [7, 11) is 0. The Bertz CT molecular complexity index is 4260. The van der Waals surface area contributed by atoms with Crippen LogP contribution in [0.25, 0.3) is 99.1 Å². The molecule has 0 unspecified atom stereocenters. The second-order valence-corrected chi connectivity index (χ2v) is 19.9. The van der Waals surface area contributed by atoms with Gasteiger partial charge in [-0.1, -0.05) is 243 Å². The highest BCUT2D eigenvalue weighted by Crippen LogP contribution is 2.64. The fraction of sp³-hybridized carbons (Fsp3) is 0.0137. The van der Waals surface area contributed by atoms with Crippen LogP contribution in [0.5, 0.6) is 0 Å². The highest BCUT2D eigenvalue weighted by atomic mass is 15.1. The van der Waals surface area contributed by atoms with Crippen molar-refractivity contribution >= 4 is 49.4 Å². The average Bonchev–Trinajstić information content (AvgIpc) is 3.95. The molecule has 1 heteroatoms. The maximum atomic E-state index is 2.56. The minimum absolute atomic E-state index is 0.526. The summed E-state index contributed by atoms with van der Waals surface area (Å²) >= 11 is 0. The van der Waals surface area contributed by atoms with Gasteiger partial charge in [-0.25, -0.2) is 0 Å². The van der Waals surface area contributed by atoms with Gasteiger partial charge in [0.25, 0.3) is 0 Å². The van der Waals surface area contributed by atoms with Crippen molar-refractivity contribution in [1.29, 1.82) is 0 Å². The molecule has 0 heterocycles. The van der Waals surface area contributed by atoms with Gasteiger partial charge >= 0.3 is 0 Å². The van der Waals surface area contributed by atoms with Crippen molar-refractivity contribution in [1.82, 2.24) is 0 Å². The van der Waals surface area contributed by atoms with Gasteiger partial charge in [-0.15, -0.1) is 0 Å². The lowest BCUT2D eigenvalue weighted by Gasteiger charge is -2.33. The molecule has 0 amide bonds. The molecule has 74 heavy (non-hydrogen) atoms. The van der Waals surface area contributed by atoms with Gasteiger partial charge in [0, 0.05) is 16.9 Å². The Balaban J connectivity index is 1.02. The Hall–Kier alpha value is -9.56. The maximum Gasteiger partial charge on any atom is 0.0726 e. The number of benzene rings is 13. The van der Waals surface area contributed by atoms with Crippen molar-refractivity contribution in [2.75, 3.05) is 4.90 Å². The van der Waals surface area contributed by atoms with Crippen molar-refractivity contribution in [3.05, 3.63) is 307 Å². The third-order valence-corrected chi connectivity index (χ3v) is 16.1. The van der Waals surface area contributed by atoms with Gasteiger partial charge in [-0.3, -0.25) is 0 Å². The fourth-order valence-electron chi connectivity index (χ4n) is 12.8. The van der Waals surface area contributed by atoms with E-state index < -0.39 is 5.41 Å². The molecule has 344 valence electrons. The third kappa shape index (κ3) is 6.36. The normalized spacial score (nSPS) is 12.7. The molecule has 1 spiro atoms. The minimum Gasteiger partial charge on any atom is -0.310 e. The van der Waals surface area contributed by atoms with E-state index in [4.69, 9.17) is 0 Å². The number of anilines is 3. The van der Waals surface area contributed by atoms with Gasteiger partial charge in [-0.05, 0) is 158 Å². The van der Waals surface area contributed by atoms with Gasteiger partial charge < -0.3 is 4.90 Å². The zero-order valence-corrected chi connectivity index (χ0v) is 40.6. The minimum atomic E-state index is -0.526. The molecule has 0 bridgehead atoms. The molecule has 0 atom stereocenters. The van der Waals surface area contributed by atoms with Gasteiger partial charge in [0.05, 0.1) is 11.1 Å². The van der Waals surface area contributed by atoms with E-state index in [0.717, 1.165) is 28.2 Å². The Labute approximate surface area is 431 Å². The van der Waals surface area contributed by atoms with E-state index in [1.54, 1.807) is 0 Å². The lowest BCUT2D eigenvalue weighted by Crippen LogP contribution is -2.26. The van der Waals surface area contributed by atoms with Crippen LogP contribution in [0.1, 0.15) is 22.3 Å². The summed E-state index contributed by atoms with van der Waals surface area (Å²) in [5.41, 5.74) is 22.7. The Morgan fingerprint density at radius 2 is 0.595 bits per heavy atom. The second kappa shape index (κ2) is 16.8. The summed E-state index contributed by atoms with van der Waals surface area (Å²) in [6, 6.07) is 106. The van der Waals surface area contributed by atoms with Crippen molar-refractivity contribution in [3.8, 4) is 66.8 Å². The van der Waals surface area contributed by atoms with Crippen LogP contribution in [0, 0.1) is 0 Å². The summed E-state index contributed by atoms with van der Waals surface area (Å²) in [4.78, 5) is 2.54. The molecule has 0 N–H and O–H groups in total. The van der Waals surface area contributed by atoms with Gasteiger partial charge in [0.1, 0.15) is 0 Å². The molecule has 0 saturated carbocycles. The lowest BCUT2D eigenvalue weighted by atomic mass is 9.70. The van der Waals surface area contributed by atoms with Gasteiger partial charge in [0.2, 0.25) is 0 Å². The molecule has 1 nitrogen and oxygen atoms in total. The first-order chi connectivity index (χ1) is 36.7. The van der Waals surface area contributed by atoms with Crippen LogP contribution in [0.4, 0.5) is 17.1 Å². The van der Waals surface area contributed by atoms with Crippen LogP contribution >= 0.6 is 0 Å². The van der Waals surface area contributed by atoms with Crippen LogP contribution in [-0.2, 0) is 5.41 Å². The Morgan fingerprint density at radius 1 is 0.203 bits per heavy atom. The number of fused-ring (bicyclic) bond motifs is 16. The standard InChI is InChI=1S/C73H47N/c1-3-18-48(19-4-1)50-34-36-52(37-35-50)65-46-67-64-30-13-16-33-70(64)73(68-31-14-11-28-62(68)63-29-12-15-32-69(63)73)71(67)47-72(65)74(55-40-38-51(39-41-55)54-23-17-22-53(44-54)49-20-5-2-6-21-49)56-42-43-61-59-26-8-7-24-57(59)58-25-9-10-27-60(58)66(61)45-56/h1-47H. The molecule has 13 aromatic rings. The van der Waals surface area contributed by atoms with E-state index in [-0.39, 0.29) is 0 Å². The Kier molecular flexibility index (Phi) is 9.55. The molecule has 15 rings (SSSR count). The monoisotopic (exact) mass is 937 g/mol. The molecule has 2 aliphatic carbocycles. The van der Waals surface area contributed by atoms with E-state index >= 15 is 0 Å². The maximum absolute atomic E-state index is 2.56. The SMILES string of the molecule is c1ccc(-c2ccc(-c3cc4c(cc3N(c3ccc(-c5cccc(-c6ccccc6)c5)cc3)c3ccc5c6ccccc6c6ccccc6c5c3)C3(c5ccccc5-c5ccccc53)c3ccccc3-4)cc2)cc1. The van der Waals surface area contributed by atoms with Gasteiger partial charge in [-0.2, -0.15) is 0 Å². The quantitative estimate of drug-likeness (QED) is 0.144. The smallest absolute Gasteiger partial charge is 0.0726 e. The van der Waals surface area contributed by atoms with Crippen LogP contribution < -0.4 is 4.90 Å². The van der Waals surface area contributed by atoms with Crippen molar-refractivity contribution in [2.45, 2.75) is 5.41 Å². The average molecular weight is 938 g/mol. The number of hydrogen-bond donors (Lipinski definition) is 0. The molecule has 0 saturated heterocycles. The van der Waals surface area contributed by atoms with Crippen molar-refractivity contribution in [3.63, 3.8) is 0 Å².